The first-order valence-corrected chi connectivity index (χ1v) is 7.37. The van der Waals surface area contributed by atoms with E-state index in [-0.39, 0.29) is 24.8 Å². The standard InChI is InChI=1S/C16H18F3N3.2ClH/c1-22-10-14(21-15(22)12-6-8-20-9-7-12)11-2-4-13(5-3-11)16(17,18)19;;/h2-5,10,12,20H,6-9H2,1H3;2*1H. The number of hydrogen-bond acceptors (Lipinski definition) is 2. The minimum atomic E-state index is -4.30. The molecule has 0 aliphatic carbocycles. The lowest BCUT2D eigenvalue weighted by Crippen LogP contribution is -2.27. The second kappa shape index (κ2) is 8.23. The molecule has 1 fully saturated rings. The zero-order valence-corrected chi connectivity index (χ0v) is 14.8. The van der Waals surface area contributed by atoms with Gasteiger partial charge in [0.1, 0.15) is 5.82 Å². The lowest BCUT2D eigenvalue weighted by atomic mass is 9.97. The number of hydrogen-bond donors (Lipinski definition) is 1. The molecule has 0 spiro atoms. The minimum Gasteiger partial charge on any atom is -0.337 e. The topological polar surface area (TPSA) is 29.9 Å². The number of imidazole rings is 1. The van der Waals surface area contributed by atoms with E-state index in [1.54, 1.807) is 0 Å². The molecule has 1 aromatic carbocycles. The maximum absolute atomic E-state index is 12.6. The summed E-state index contributed by atoms with van der Waals surface area (Å²) in [5.41, 5.74) is 0.805. The zero-order chi connectivity index (χ0) is 15.7. The number of aryl methyl sites for hydroxylation is 1. The van der Waals surface area contributed by atoms with E-state index in [1.807, 2.05) is 17.8 Å². The van der Waals surface area contributed by atoms with Crippen molar-refractivity contribution in [2.75, 3.05) is 13.1 Å². The second-order valence-corrected chi connectivity index (χ2v) is 5.69. The first-order chi connectivity index (χ1) is 10.4. The Morgan fingerprint density at radius 2 is 1.67 bits per heavy atom. The summed E-state index contributed by atoms with van der Waals surface area (Å²) in [5, 5.41) is 3.32. The third kappa shape index (κ3) is 4.43. The predicted molar refractivity (Wildman–Crippen MR) is 93.0 cm³/mol. The van der Waals surface area contributed by atoms with Gasteiger partial charge in [0.05, 0.1) is 11.3 Å². The van der Waals surface area contributed by atoms with Crippen LogP contribution >= 0.6 is 24.8 Å². The molecule has 3 rings (SSSR count). The van der Waals surface area contributed by atoms with E-state index >= 15 is 0 Å². The van der Waals surface area contributed by atoms with Crippen LogP contribution in [-0.2, 0) is 13.2 Å². The SMILES string of the molecule is Cl.Cl.Cn1cc(-c2ccc(C(F)(F)F)cc2)nc1C1CCNCC1. The van der Waals surface area contributed by atoms with E-state index in [2.05, 4.69) is 10.3 Å². The molecule has 0 saturated carbocycles. The number of nitrogens with zero attached hydrogens (tertiary/aromatic N) is 2. The van der Waals surface area contributed by atoms with Gasteiger partial charge in [-0.15, -0.1) is 24.8 Å². The average Bonchev–Trinajstić information content (AvgIpc) is 2.89. The number of halogens is 5. The molecule has 0 amide bonds. The summed E-state index contributed by atoms with van der Waals surface area (Å²) >= 11 is 0. The summed E-state index contributed by atoms with van der Waals surface area (Å²) in [5.74, 6) is 1.42. The van der Waals surface area contributed by atoms with Crippen LogP contribution in [0.1, 0.15) is 30.1 Å². The van der Waals surface area contributed by atoms with Crippen LogP contribution in [0.5, 0.6) is 0 Å². The van der Waals surface area contributed by atoms with E-state index in [0.717, 1.165) is 49.6 Å². The van der Waals surface area contributed by atoms with Crippen molar-refractivity contribution in [1.82, 2.24) is 14.9 Å². The molecular weight excluding hydrogens is 362 g/mol. The maximum atomic E-state index is 12.6. The fourth-order valence-corrected chi connectivity index (χ4v) is 2.91. The average molecular weight is 382 g/mol. The Morgan fingerprint density at radius 3 is 2.21 bits per heavy atom. The minimum absolute atomic E-state index is 0. The van der Waals surface area contributed by atoms with E-state index in [9.17, 15) is 13.2 Å². The van der Waals surface area contributed by atoms with Crippen LogP contribution < -0.4 is 5.32 Å². The molecule has 2 aromatic rings. The van der Waals surface area contributed by atoms with Gasteiger partial charge in [0.25, 0.3) is 0 Å². The summed E-state index contributed by atoms with van der Waals surface area (Å²) < 4.78 is 39.8. The molecule has 1 saturated heterocycles. The van der Waals surface area contributed by atoms with Crippen LogP contribution in [0, 0.1) is 0 Å². The maximum Gasteiger partial charge on any atom is 0.416 e. The van der Waals surface area contributed by atoms with Gasteiger partial charge >= 0.3 is 6.18 Å². The van der Waals surface area contributed by atoms with Crippen molar-refractivity contribution < 1.29 is 13.2 Å². The predicted octanol–water partition coefficient (Wildman–Crippen LogP) is 4.42. The Labute approximate surface area is 151 Å². The molecule has 0 unspecified atom stereocenters. The third-order valence-corrected chi connectivity index (χ3v) is 4.12. The van der Waals surface area contributed by atoms with Crippen LogP contribution in [0.2, 0.25) is 0 Å². The highest BCUT2D eigenvalue weighted by Crippen LogP contribution is 2.32. The zero-order valence-electron chi connectivity index (χ0n) is 13.1. The van der Waals surface area contributed by atoms with Gasteiger partial charge in [0.2, 0.25) is 0 Å². The van der Waals surface area contributed by atoms with Crippen LogP contribution in [-0.4, -0.2) is 22.6 Å². The first kappa shape index (κ1) is 20.8. The number of benzene rings is 1. The van der Waals surface area contributed by atoms with Crippen molar-refractivity contribution in [3.63, 3.8) is 0 Å². The monoisotopic (exact) mass is 381 g/mol. The Balaban J connectivity index is 0.00000144. The van der Waals surface area contributed by atoms with E-state index in [0.29, 0.717) is 11.5 Å². The van der Waals surface area contributed by atoms with E-state index in [4.69, 9.17) is 0 Å². The molecule has 2 heterocycles. The Bertz CT molecular complexity index is 648. The van der Waals surface area contributed by atoms with Crippen molar-refractivity contribution in [3.05, 3.63) is 41.9 Å². The summed E-state index contributed by atoms with van der Waals surface area (Å²) in [7, 11) is 1.94. The summed E-state index contributed by atoms with van der Waals surface area (Å²) in [4.78, 5) is 4.65. The highest BCUT2D eigenvalue weighted by atomic mass is 35.5. The van der Waals surface area contributed by atoms with Gasteiger partial charge in [-0.1, -0.05) is 12.1 Å². The molecule has 3 nitrogen and oxygen atoms in total. The van der Waals surface area contributed by atoms with Gasteiger partial charge in [-0.05, 0) is 38.1 Å². The normalized spacial score (nSPS) is 15.5. The summed E-state index contributed by atoms with van der Waals surface area (Å²) in [6.45, 7) is 1.96. The molecule has 134 valence electrons. The molecule has 1 aliphatic heterocycles. The van der Waals surface area contributed by atoms with Crippen molar-refractivity contribution in [1.29, 1.82) is 0 Å². The smallest absolute Gasteiger partial charge is 0.337 e. The lowest BCUT2D eigenvalue weighted by Gasteiger charge is -2.21. The van der Waals surface area contributed by atoms with E-state index in [1.165, 1.54) is 12.1 Å². The molecule has 0 atom stereocenters. The van der Waals surface area contributed by atoms with Gasteiger partial charge in [0, 0.05) is 24.7 Å². The van der Waals surface area contributed by atoms with Gasteiger partial charge in [-0.25, -0.2) is 4.98 Å². The molecule has 1 N–H and O–H groups in total. The van der Waals surface area contributed by atoms with E-state index < -0.39 is 11.7 Å². The lowest BCUT2D eigenvalue weighted by molar-refractivity contribution is -0.137. The number of alkyl halides is 3. The van der Waals surface area contributed by atoms with Gasteiger partial charge in [-0.2, -0.15) is 13.2 Å². The van der Waals surface area contributed by atoms with Gasteiger partial charge in [-0.3, -0.25) is 0 Å². The van der Waals surface area contributed by atoms with Gasteiger partial charge < -0.3 is 9.88 Å². The van der Waals surface area contributed by atoms with Gasteiger partial charge in [0.15, 0.2) is 0 Å². The van der Waals surface area contributed by atoms with Crippen molar-refractivity contribution in [2.45, 2.75) is 24.9 Å². The molecule has 1 aliphatic rings. The fourth-order valence-electron chi connectivity index (χ4n) is 2.91. The number of nitrogens with one attached hydrogen (secondary N) is 1. The van der Waals surface area contributed by atoms with Crippen LogP contribution in [0.3, 0.4) is 0 Å². The highest BCUT2D eigenvalue weighted by molar-refractivity contribution is 5.85. The molecule has 8 heteroatoms. The molecule has 1 aromatic heterocycles. The fraction of sp³-hybridized carbons (Fsp3) is 0.438. The van der Waals surface area contributed by atoms with Crippen LogP contribution in [0.4, 0.5) is 13.2 Å². The molecule has 0 bridgehead atoms. The number of piperidine rings is 1. The van der Waals surface area contributed by atoms with Crippen molar-refractivity contribution >= 4 is 24.8 Å². The highest BCUT2D eigenvalue weighted by Gasteiger charge is 2.30. The first-order valence-electron chi connectivity index (χ1n) is 7.37. The van der Waals surface area contributed by atoms with Crippen molar-refractivity contribution in [2.24, 2.45) is 7.05 Å². The molecule has 0 radical (unpaired) electrons. The number of aromatic nitrogens is 2. The molecular formula is C16H20Cl2F3N3. The summed E-state index contributed by atoms with van der Waals surface area (Å²) in [6, 6.07) is 5.18. The van der Waals surface area contributed by atoms with Crippen molar-refractivity contribution in [3.8, 4) is 11.3 Å². The number of rotatable bonds is 2. The Hall–Kier alpha value is -1.24. The Morgan fingerprint density at radius 1 is 1.08 bits per heavy atom. The van der Waals surface area contributed by atoms with Crippen LogP contribution in [0.15, 0.2) is 30.5 Å². The second-order valence-electron chi connectivity index (χ2n) is 5.69. The summed E-state index contributed by atoms with van der Waals surface area (Å²) in [6.07, 6.45) is -0.336. The molecule has 24 heavy (non-hydrogen) atoms. The largest absolute Gasteiger partial charge is 0.416 e. The Kier molecular flexibility index (Phi) is 7.13. The van der Waals surface area contributed by atoms with Crippen LogP contribution in [0.25, 0.3) is 11.3 Å². The third-order valence-electron chi connectivity index (χ3n) is 4.12. The quantitative estimate of drug-likeness (QED) is 0.834.